The van der Waals surface area contributed by atoms with Crippen LogP contribution in [0.15, 0.2) is 18.5 Å². The standard InChI is InChI=1S/C18H27N7O/c1-12(2)25-13(3)21-11-16(25)15-5-8-20-17(23-15)22-14-6-9-24(10-7-14)18(26)19-4/h5,8,11-12,14H,6-7,9-10H2,1-4H3,(H,19,26)(H,20,22,23). The molecular formula is C18H27N7O. The molecule has 8 heteroatoms. The van der Waals surface area contributed by atoms with Crippen LogP contribution in [0.3, 0.4) is 0 Å². The zero-order valence-electron chi connectivity index (χ0n) is 15.9. The van der Waals surface area contributed by atoms with Crippen LogP contribution in [0, 0.1) is 6.92 Å². The van der Waals surface area contributed by atoms with Crippen molar-refractivity contribution < 1.29 is 4.79 Å². The summed E-state index contributed by atoms with van der Waals surface area (Å²) < 4.78 is 2.17. The van der Waals surface area contributed by atoms with Gasteiger partial charge >= 0.3 is 6.03 Å². The minimum absolute atomic E-state index is 0.0148. The van der Waals surface area contributed by atoms with Crippen LogP contribution in [0.1, 0.15) is 38.6 Å². The number of carbonyl (C=O) groups excluding carboxylic acids is 1. The number of hydrogen-bond donors (Lipinski definition) is 2. The average Bonchev–Trinajstić information content (AvgIpc) is 3.04. The predicted molar refractivity (Wildman–Crippen MR) is 101 cm³/mol. The summed E-state index contributed by atoms with van der Waals surface area (Å²) in [6, 6.07) is 2.48. The molecule has 2 amide bonds. The van der Waals surface area contributed by atoms with E-state index in [1.54, 1.807) is 13.2 Å². The fourth-order valence-electron chi connectivity index (χ4n) is 3.43. The van der Waals surface area contributed by atoms with E-state index in [1.165, 1.54) is 0 Å². The van der Waals surface area contributed by atoms with E-state index in [2.05, 4.69) is 44.0 Å². The molecule has 26 heavy (non-hydrogen) atoms. The summed E-state index contributed by atoms with van der Waals surface area (Å²) in [4.78, 5) is 27.0. The van der Waals surface area contributed by atoms with Gasteiger partial charge in [-0.2, -0.15) is 0 Å². The van der Waals surface area contributed by atoms with Crippen LogP contribution < -0.4 is 10.6 Å². The Balaban J connectivity index is 1.70. The highest BCUT2D eigenvalue weighted by atomic mass is 16.2. The van der Waals surface area contributed by atoms with Crippen molar-refractivity contribution in [3.05, 3.63) is 24.3 Å². The number of nitrogens with zero attached hydrogens (tertiary/aromatic N) is 5. The highest BCUT2D eigenvalue weighted by Crippen LogP contribution is 2.24. The molecule has 0 bridgehead atoms. The van der Waals surface area contributed by atoms with E-state index in [1.807, 2.05) is 24.1 Å². The topological polar surface area (TPSA) is 88.0 Å². The Kier molecular flexibility index (Phi) is 5.39. The minimum Gasteiger partial charge on any atom is -0.351 e. The molecule has 0 spiro atoms. The third-order valence-electron chi connectivity index (χ3n) is 4.75. The predicted octanol–water partition coefficient (Wildman–Crippen LogP) is 2.45. The molecule has 0 radical (unpaired) electrons. The third-order valence-corrected chi connectivity index (χ3v) is 4.75. The lowest BCUT2D eigenvalue weighted by molar-refractivity contribution is 0.186. The quantitative estimate of drug-likeness (QED) is 0.877. The Hall–Kier alpha value is -2.64. The molecule has 0 saturated carbocycles. The van der Waals surface area contributed by atoms with Crippen LogP contribution in [0.4, 0.5) is 10.7 Å². The molecule has 1 aliphatic rings. The van der Waals surface area contributed by atoms with Crippen molar-refractivity contribution in [2.24, 2.45) is 0 Å². The summed E-state index contributed by atoms with van der Waals surface area (Å²) in [5.41, 5.74) is 1.86. The van der Waals surface area contributed by atoms with E-state index in [4.69, 9.17) is 0 Å². The maximum Gasteiger partial charge on any atom is 0.317 e. The highest BCUT2D eigenvalue weighted by molar-refractivity contribution is 5.73. The molecule has 8 nitrogen and oxygen atoms in total. The molecule has 1 fully saturated rings. The monoisotopic (exact) mass is 357 g/mol. The number of nitrogens with one attached hydrogen (secondary N) is 2. The molecule has 0 aromatic carbocycles. The smallest absolute Gasteiger partial charge is 0.317 e. The molecule has 3 rings (SSSR count). The largest absolute Gasteiger partial charge is 0.351 e. The Morgan fingerprint density at radius 1 is 1.27 bits per heavy atom. The van der Waals surface area contributed by atoms with Crippen LogP contribution in [0.5, 0.6) is 0 Å². The molecule has 2 aromatic rings. The highest BCUT2D eigenvalue weighted by Gasteiger charge is 2.22. The first kappa shape index (κ1) is 18.2. The van der Waals surface area contributed by atoms with Gasteiger partial charge in [-0.15, -0.1) is 0 Å². The Morgan fingerprint density at radius 3 is 2.65 bits per heavy atom. The third kappa shape index (κ3) is 3.79. The molecular weight excluding hydrogens is 330 g/mol. The van der Waals surface area contributed by atoms with Gasteiger partial charge in [-0.1, -0.05) is 0 Å². The van der Waals surface area contributed by atoms with Crippen LogP contribution in [0.25, 0.3) is 11.4 Å². The van der Waals surface area contributed by atoms with E-state index >= 15 is 0 Å². The number of aromatic nitrogens is 4. The van der Waals surface area contributed by atoms with Gasteiger partial charge in [0.15, 0.2) is 0 Å². The number of hydrogen-bond acceptors (Lipinski definition) is 5. The maximum atomic E-state index is 11.7. The summed E-state index contributed by atoms with van der Waals surface area (Å²) in [6.07, 6.45) is 5.40. The number of carbonyl (C=O) groups is 1. The Bertz CT molecular complexity index is 763. The summed E-state index contributed by atoms with van der Waals surface area (Å²) in [6.45, 7) is 7.74. The molecule has 3 heterocycles. The van der Waals surface area contributed by atoms with E-state index in [9.17, 15) is 4.79 Å². The summed E-state index contributed by atoms with van der Waals surface area (Å²) in [7, 11) is 1.66. The molecule has 2 aromatic heterocycles. The van der Waals surface area contributed by atoms with Gasteiger partial charge < -0.3 is 20.1 Å². The molecule has 2 N–H and O–H groups in total. The minimum atomic E-state index is -0.0148. The van der Waals surface area contributed by atoms with E-state index < -0.39 is 0 Å². The van der Waals surface area contributed by atoms with Crippen LogP contribution >= 0.6 is 0 Å². The number of aryl methyl sites for hydroxylation is 1. The maximum absolute atomic E-state index is 11.7. The number of anilines is 1. The van der Waals surface area contributed by atoms with Crippen molar-refractivity contribution in [1.29, 1.82) is 0 Å². The fraction of sp³-hybridized carbons (Fsp3) is 0.556. The van der Waals surface area contributed by atoms with E-state index in [0.717, 1.165) is 43.1 Å². The summed E-state index contributed by atoms with van der Waals surface area (Å²) >= 11 is 0. The summed E-state index contributed by atoms with van der Waals surface area (Å²) in [5, 5.41) is 6.09. The van der Waals surface area contributed by atoms with Crippen molar-refractivity contribution in [3.63, 3.8) is 0 Å². The number of imidazole rings is 1. The van der Waals surface area contributed by atoms with Crippen LogP contribution in [-0.4, -0.2) is 56.6 Å². The zero-order valence-corrected chi connectivity index (χ0v) is 15.9. The number of urea groups is 1. The van der Waals surface area contributed by atoms with Gasteiger partial charge in [-0.05, 0) is 39.7 Å². The van der Waals surface area contributed by atoms with Gasteiger partial charge in [-0.3, -0.25) is 0 Å². The Labute approximate surface area is 154 Å². The van der Waals surface area contributed by atoms with Gasteiger partial charge in [-0.25, -0.2) is 19.7 Å². The van der Waals surface area contributed by atoms with Crippen molar-refractivity contribution >= 4 is 12.0 Å². The second kappa shape index (κ2) is 7.72. The van der Waals surface area contributed by atoms with E-state index in [-0.39, 0.29) is 12.1 Å². The molecule has 0 unspecified atom stereocenters. The van der Waals surface area contributed by atoms with Gasteiger partial charge in [0.2, 0.25) is 5.95 Å². The first-order chi connectivity index (χ1) is 12.5. The lowest BCUT2D eigenvalue weighted by atomic mass is 10.1. The normalized spacial score (nSPS) is 15.3. The van der Waals surface area contributed by atoms with Crippen molar-refractivity contribution in [2.45, 2.75) is 45.7 Å². The lowest BCUT2D eigenvalue weighted by Crippen LogP contribution is -2.46. The molecule has 140 valence electrons. The van der Waals surface area contributed by atoms with Gasteiger partial charge in [0.05, 0.1) is 17.6 Å². The fourth-order valence-corrected chi connectivity index (χ4v) is 3.43. The van der Waals surface area contributed by atoms with Gasteiger partial charge in [0.1, 0.15) is 5.82 Å². The number of piperidine rings is 1. The number of amides is 2. The number of likely N-dealkylation sites (tertiary alicyclic amines) is 1. The van der Waals surface area contributed by atoms with Gasteiger partial charge in [0, 0.05) is 38.4 Å². The SMILES string of the molecule is CNC(=O)N1CCC(Nc2nccc(-c3cnc(C)n3C(C)C)n2)CC1. The van der Waals surface area contributed by atoms with Gasteiger partial charge in [0.25, 0.3) is 0 Å². The molecule has 0 aliphatic carbocycles. The van der Waals surface area contributed by atoms with Crippen molar-refractivity contribution in [3.8, 4) is 11.4 Å². The summed E-state index contributed by atoms with van der Waals surface area (Å²) in [5.74, 6) is 1.60. The van der Waals surface area contributed by atoms with E-state index in [0.29, 0.717) is 12.0 Å². The lowest BCUT2D eigenvalue weighted by Gasteiger charge is -2.32. The van der Waals surface area contributed by atoms with Crippen molar-refractivity contribution in [2.75, 3.05) is 25.5 Å². The zero-order chi connectivity index (χ0) is 18.7. The molecule has 1 aliphatic heterocycles. The van der Waals surface area contributed by atoms with Crippen molar-refractivity contribution in [1.82, 2.24) is 29.7 Å². The first-order valence-electron chi connectivity index (χ1n) is 9.10. The number of rotatable bonds is 4. The molecule has 1 saturated heterocycles. The Morgan fingerprint density at radius 2 is 2.00 bits per heavy atom. The van der Waals surface area contributed by atoms with Crippen LogP contribution in [-0.2, 0) is 0 Å². The average molecular weight is 357 g/mol. The second-order valence-electron chi connectivity index (χ2n) is 6.88. The molecule has 0 atom stereocenters. The van der Waals surface area contributed by atoms with Crippen LogP contribution in [0.2, 0.25) is 0 Å². The first-order valence-corrected chi connectivity index (χ1v) is 9.10. The second-order valence-corrected chi connectivity index (χ2v) is 6.88.